The summed E-state index contributed by atoms with van der Waals surface area (Å²) in [6.07, 6.45) is 0. The van der Waals surface area contributed by atoms with Crippen molar-refractivity contribution in [3.8, 4) is 11.8 Å². The van der Waals surface area contributed by atoms with Crippen molar-refractivity contribution < 1.29 is 4.74 Å². The van der Waals surface area contributed by atoms with Crippen molar-refractivity contribution in [2.24, 2.45) is 0 Å². The number of nitriles is 1. The number of fused-ring (bicyclic) bond motifs is 1. The second kappa shape index (κ2) is 3.46. The molecular formula is C10H10N2O. The molecule has 0 saturated carbocycles. The summed E-state index contributed by atoms with van der Waals surface area (Å²) in [6, 6.07) is 7.63. The molecule has 3 nitrogen and oxygen atoms in total. The lowest BCUT2D eigenvalue weighted by atomic mass is 10.1. The monoisotopic (exact) mass is 174 g/mol. The van der Waals surface area contributed by atoms with Crippen LogP contribution in [0.5, 0.6) is 5.75 Å². The molecule has 13 heavy (non-hydrogen) atoms. The molecule has 0 fully saturated rings. The predicted molar refractivity (Wildman–Crippen MR) is 48.4 cm³/mol. The van der Waals surface area contributed by atoms with Gasteiger partial charge in [-0.2, -0.15) is 5.26 Å². The van der Waals surface area contributed by atoms with Crippen LogP contribution < -0.4 is 10.1 Å². The second-order valence-electron chi connectivity index (χ2n) is 2.96. The number of benzene rings is 1. The van der Waals surface area contributed by atoms with Crippen LogP contribution in [0, 0.1) is 11.3 Å². The van der Waals surface area contributed by atoms with Gasteiger partial charge < -0.3 is 10.1 Å². The third kappa shape index (κ3) is 1.63. The molecule has 2 rings (SSSR count). The first-order valence-electron chi connectivity index (χ1n) is 4.27. The van der Waals surface area contributed by atoms with Crippen LogP contribution in [0.3, 0.4) is 0 Å². The van der Waals surface area contributed by atoms with Gasteiger partial charge in [-0.25, -0.2) is 0 Å². The van der Waals surface area contributed by atoms with Crippen molar-refractivity contribution in [3.63, 3.8) is 0 Å². The maximum atomic E-state index is 8.70. The lowest BCUT2D eigenvalue weighted by Crippen LogP contribution is -2.16. The first-order valence-corrected chi connectivity index (χ1v) is 4.27. The molecule has 0 aliphatic carbocycles. The van der Waals surface area contributed by atoms with Crippen LogP contribution in [0.2, 0.25) is 0 Å². The maximum Gasteiger partial charge on any atom is 0.123 e. The van der Waals surface area contributed by atoms with Gasteiger partial charge in [-0.15, -0.1) is 0 Å². The van der Waals surface area contributed by atoms with Gasteiger partial charge in [0.2, 0.25) is 0 Å². The van der Waals surface area contributed by atoms with Crippen LogP contribution in [0.4, 0.5) is 0 Å². The third-order valence-corrected chi connectivity index (χ3v) is 2.04. The summed E-state index contributed by atoms with van der Waals surface area (Å²) in [7, 11) is 0. The van der Waals surface area contributed by atoms with E-state index in [9.17, 15) is 0 Å². The summed E-state index contributed by atoms with van der Waals surface area (Å²) in [6.45, 7) is 2.33. The first-order chi connectivity index (χ1) is 6.40. The quantitative estimate of drug-likeness (QED) is 0.639. The standard InChI is InChI=1S/C10H10N2O/c11-6-8-1-2-10-9(5-8)7-12-3-4-13-10/h1-2,5,12H,3-4,7H2. The molecule has 1 aromatic rings. The third-order valence-electron chi connectivity index (χ3n) is 2.04. The summed E-state index contributed by atoms with van der Waals surface area (Å²) < 4.78 is 5.48. The highest BCUT2D eigenvalue weighted by molar-refractivity contribution is 5.42. The molecule has 3 heteroatoms. The summed E-state index contributed by atoms with van der Waals surface area (Å²) >= 11 is 0. The number of nitrogens with zero attached hydrogens (tertiary/aromatic N) is 1. The molecular weight excluding hydrogens is 164 g/mol. The molecule has 1 aliphatic heterocycles. The fourth-order valence-corrected chi connectivity index (χ4v) is 1.38. The van der Waals surface area contributed by atoms with E-state index in [1.807, 2.05) is 12.1 Å². The highest BCUT2D eigenvalue weighted by Crippen LogP contribution is 2.20. The maximum absolute atomic E-state index is 8.70. The van der Waals surface area contributed by atoms with Crippen LogP contribution in [0.25, 0.3) is 0 Å². The Morgan fingerprint density at radius 3 is 3.23 bits per heavy atom. The van der Waals surface area contributed by atoms with E-state index < -0.39 is 0 Å². The summed E-state index contributed by atoms with van der Waals surface area (Å²) in [5, 5.41) is 11.9. The van der Waals surface area contributed by atoms with Crippen LogP contribution in [-0.4, -0.2) is 13.2 Å². The van der Waals surface area contributed by atoms with Crippen LogP contribution in [-0.2, 0) is 6.54 Å². The van der Waals surface area contributed by atoms with E-state index in [1.54, 1.807) is 6.07 Å². The van der Waals surface area contributed by atoms with Crippen LogP contribution in [0.15, 0.2) is 18.2 Å². The minimum atomic E-state index is 0.686. The van der Waals surface area contributed by atoms with Gasteiger partial charge in [0.25, 0.3) is 0 Å². The zero-order valence-electron chi connectivity index (χ0n) is 7.21. The van der Waals surface area contributed by atoms with Crippen molar-refractivity contribution in [2.75, 3.05) is 13.2 Å². The second-order valence-corrected chi connectivity index (χ2v) is 2.96. The van der Waals surface area contributed by atoms with Gasteiger partial charge in [0.1, 0.15) is 12.4 Å². The summed E-state index contributed by atoms with van der Waals surface area (Å²) in [5.74, 6) is 0.893. The molecule has 0 amide bonds. The number of rotatable bonds is 0. The number of hydrogen-bond donors (Lipinski definition) is 1. The molecule has 1 aromatic carbocycles. The lowest BCUT2D eigenvalue weighted by Gasteiger charge is -2.05. The molecule has 0 unspecified atom stereocenters. The van der Waals surface area contributed by atoms with Gasteiger partial charge in [0.15, 0.2) is 0 Å². The van der Waals surface area contributed by atoms with Gasteiger partial charge in [-0.05, 0) is 18.2 Å². The van der Waals surface area contributed by atoms with Crippen molar-refractivity contribution in [1.82, 2.24) is 5.32 Å². The molecule has 0 atom stereocenters. The molecule has 0 saturated heterocycles. The van der Waals surface area contributed by atoms with Gasteiger partial charge in [-0.1, -0.05) is 0 Å². The Morgan fingerprint density at radius 1 is 1.46 bits per heavy atom. The average Bonchev–Trinajstić information content (AvgIpc) is 2.41. The Labute approximate surface area is 76.9 Å². The zero-order valence-corrected chi connectivity index (χ0v) is 7.21. The smallest absolute Gasteiger partial charge is 0.123 e. The molecule has 1 aliphatic rings. The average molecular weight is 174 g/mol. The van der Waals surface area contributed by atoms with E-state index >= 15 is 0 Å². The van der Waals surface area contributed by atoms with Crippen LogP contribution >= 0.6 is 0 Å². The topological polar surface area (TPSA) is 45.0 Å². The van der Waals surface area contributed by atoms with E-state index in [0.29, 0.717) is 12.2 Å². The molecule has 1 N–H and O–H groups in total. The van der Waals surface area contributed by atoms with Crippen molar-refractivity contribution in [2.45, 2.75) is 6.54 Å². The SMILES string of the molecule is N#Cc1ccc2c(c1)CNCCO2. The fraction of sp³-hybridized carbons (Fsp3) is 0.300. The first kappa shape index (κ1) is 8.09. The zero-order chi connectivity index (χ0) is 9.10. The largest absolute Gasteiger partial charge is 0.492 e. The molecule has 66 valence electrons. The van der Waals surface area contributed by atoms with E-state index in [0.717, 1.165) is 24.4 Å². The van der Waals surface area contributed by atoms with Gasteiger partial charge in [-0.3, -0.25) is 0 Å². The van der Waals surface area contributed by atoms with Gasteiger partial charge in [0.05, 0.1) is 11.6 Å². The molecule has 0 spiro atoms. The lowest BCUT2D eigenvalue weighted by molar-refractivity contribution is 0.326. The molecule has 0 radical (unpaired) electrons. The number of hydrogen-bond acceptors (Lipinski definition) is 3. The summed E-state index contributed by atoms with van der Waals surface area (Å²) in [5.41, 5.74) is 1.75. The predicted octanol–water partition coefficient (Wildman–Crippen LogP) is 1.04. The van der Waals surface area contributed by atoms with Crippen LogP contribution in [0.1, 0.15) is 11.1 Å². The number of nitrogens with one attached hydrogen (secondary N) is 1. The van der Waals surface area contributed by atoms with Crippen molar-refractivity contribution >= 4 is 0 Å². The molecule has 0 aromatic heterocycles. The Balaban J connectivity index is 2.39. The van der Waals surface area contributed by atoms with Gasteiger partial charge in [0, 0.05) is 18.7 Å². The van der Waals surface area contributed by atoms with E-state index in [-0.39, 0.29) is 0 Å². The summed E-state index contributed by atoms with van der Waals surface area (Å²) in [4.78, 5) is 0. The Bertz CT molecular complexity index is 354. The number of ether oxygens (including phenoxy) is 1. The van der Waals surface area contributed by atoms with Gasteiger partial charge >= 0.3 is 0 Å². The molecule has 0 bridgehead atoms. The highest BCUT2D eigenvalue weighted by Gasteiger charge is 2.08. The minimum absolute atomic E-state index is 0.686. The Kier molecular flexibility index (Phi) is 2.15. The van der Waals surface area contributed by atoms with E-state index in [1.165, 1.54) is 0 Å². The van der Waals surface area contributed by atoms with E-state index in [4.69, 9.17) is 10.00 Å². The Morgan fingerprint density at radius 2 is 2.38 bits per heavy atom. The van der Waals surface area contributed by atoms with Crippen molar-refractivity contribution in [3.05, 3.63) is 29.3 Å². The fourth-order valence-electron chi connectivity index (χ4n) is 1.38. The van der Waals surface area contributed by atoms with E-state index in [2.05, 4.69) is 11.4 Å². The Hall–Kier alpha value is -1.53. The minimum Gasteiger partial charge on any atom is -0.492 e. The normalized spacial score (nSPS) is 15.0. The van der Waals surface area contributed by atoms with Crippen molar-refractivity contribution in [1.29, 1.82) is 5.26 Å². The molecule has 1 heterocycles. The highest BCUT2D eigenvalue weighted by atomic mass is 16.5.